The van der Waals surface area contributed by atoms with Crippen molar-refractivity contribution < 1.29 is 14.2 Å². The van der Waals surface area contributed by atoms with Gasteiger partial charge in [0.2, 0.25) is 0 Å². The molecule has 0 aromatic heterocycles. The number of hydrogen-bond acceptors (Lipinski definition) is 5. The second kappa shape index (κ2) is 11.7. The van der Waals surface area contributed by atoms with Crippen molar-refractivity contribution in [3.8, 4) is 11.5 Å². The van der Waals surface area contributed by atoms with Crippen LogP contribution in [0.1, 0.15) is 41.9 Å². The second-order valence-corrected chi connectivity index (χ2v) is 10.4. The van der Waals surface area contributed by atoms with Gasteiger partial charge in [0, 0.05) is 83.4 Å². The maximum Gasteiger partial charge on any atom is 0.254 e. The van der Waals surface area contributed by atoms with Gasteiger partial charge in [0.05, 0.1) is 13.2 Å². The number of likely N-dealkylation sites (N-methyl/N-ethyl adjacent to an activating group) is 1. The largest absolute Gasteiger partial charge is 0.583 e. The third-order valence-electron chi connectivity index (χ3n) is 7.83. The highest BCUT2D eigenvalue weighted by Gasteiger charge is 2.26. The number of hydrogen-bond donors (Lipinski definition) is 0. The molecule has 2 aromatic carbocycles. The van der Waals surface area contributed by atoms with Crippen LogP contribution in [-0.4, -0.2) is 98.7 Å². The zero-order chi connectivity index (χ0) is 24.0. The van der Waals surface area contributed by atoms with Crippen LogP contribution in [0.15, 0.2) is 42.5 Å². The first-order chi connectivity index (χ1) is 17.2. The third kappa shape index (κ3) is 6.36. The number of aliphatic hydroxyl groups is 1. The molecule has 3 aliphatic heterocycles. The van der Waals surface area contributed by atoms with Crippen molar-refractivity contribution in [3.05, 3.63) is 59.2 Å². The molecule has 0 spiro atoms. The van der Waals surface area contributed by atoms with Gasteiger partial charge in [-0.1, -0.05) is 12.1 Å². The van der Waals surface area contributed by atoms with Gasteiger partial charge in [-0.2, -0.15) is 0 Å². The third-order valence-corrected chi connectivity index (χ3v) is 7.83. The highest BCUT2D eigenvalue weighted by atomic mass is 16.5. The van der Waals surface area contributed by atoms with E-state index in [-0.39, 0.29) is 0 Å². The van der Waals surface area contributed by atoms with Crippen molar-refractivity contribution in [3.63, 3.8) is 0 Å². The van der Waals surface area contributed by atoms with Crippen LogP contribution in [0.4, 0.5) is 0 Å². The average Bonchev–Trinajstić information content (AvgIpc) is 3.40. The molecule has 190 valence electrons. The van der Waals surface area contributed by atoms with Crippen LogP contribution in [-0.2, 0) is 11.3 Å². The summed E-state index contributed by atoms with van der Waals surface area (Å²) in [5.41, 5.74) is 4.19. The quantitative estimate of drug-likeness (QED) is 0.404. The van der Waals surface area contributed by atoms with Crippen LogP contribution < -0.4 is 4.74 Å². The van der Waals surface area contributed by atoms with Crippen LogP contribution in [0, 0.1) is 0 Å². The molecule has 2 fully saturated rings. The average molecular weight is 481 g/mol. The van der Waals surface area contributed by atoms with Gasteiger partial charge >= 0.3 is 0 Å². The van der Waals surface area contributed by atoms with E-state index in [1.807, 2.05) is 0 Å². The molecule has 0 bridgehead atoms. The molecule has 6 heteroatoms. The van der Waals surface area contributed by atoms with E-state index in [1.165, 1.54) is 55.7 Å². The van der Waals surface area contributed by atoms with Crippen LogP contribution in [0.5, 0.6) is 11.5 Å². The maximum absolute atomic E-state index is 5.81. The van der Waals surface area contributed by atoms with Crippen molar-refractivity contribution >= 4 is 0 Å². The highest BCUT2D eigenvalue weighted by molar-refractivity contribution is 5.44. The maximum atomic E-state index is 5.81. The number of benzene rings is 2. The molecule has 2 saturated heterocycles. The van der Waals surface area contributed by atoms with Gasteiger partial charge in [-0.05, 0) is 54.8 Å². The van der Waals surface area contributed by atoms with Gasteiger partial charge in [0.1, 0.15) is 5.75 Å². The topological polar surface area (TPSA) is 41.0 Å². The normalized spacial score (nSPS) is 23.8. The lowest BCUT2D eigenvalue weighted by atomic mass is 9.84. The van der Waals surface area contributed by atoms with Crippen LogP contribution in [0.3, 0.4) is 0 Å². The Morgan fingerprint density at radius 3 is 2.57 bits per heavy atom. The monoisotopic (exact) mass is 480 g/mol. The van der Waals surface area contributed by atoms with E-state index in [0.29, 0.717) is 12.0 Å². The fourth-order valence-corrected chi connectivity index (χ4v) is 5.83. The fourth-order valence-electron chi connectivity index (χ4n) is 5.83. The Morgan fingerprint density at radius 2 is 1.83 bits per heavy atom. The Balaban J connectivity index is 1.09. The summed E-state index contributed by atoms with van der Waals surface area (Å²) in [5.74, 6) is 2.42. The van der Waals surface area contributed by atoms with Gasteiger partial charge in [-0.15, -0.1) is 0 Å². The first-order valence-corrected chi connectivity index (χ1v) is 13.4. The Labute approximate surface area is 210 Å². The van der Waals surface area contributed by atoms with E-state index in [9.17, 15) is 0 Å². The van der Waals surface area contributed by atoms with Crippen LogP contribution in [0.2, 0.25) is 0 Å². The summed E-state index contributed by atoms with van der Waals surface area (Å²) in [6, 6.07) is 15.4. The summed E-state index contributed by atoms with van der Waals surface area (Å²) in [7, 11) is 3.93. The molecule has 0 saturated carbocycles. The summed E-state index contributed by atoms with van der Waals surface area (Å²) in [5, 5.41) is 0. The van der Waals surface area contributed by atoms with E-state index in [0.717, 1.165) is 57.3 Å². The molecule has 1 N–H and O–H groups in total. The minimum Gasteiger partial charge on any atom is -0.583 e. The molecule has 2 aromatic rings. The SMILES string of the molecule is COc1ccc(C2CN(C)Cc3cc([OH+]CCCN4CCN(CC5CCCO5)CC4)ccc32)cc1. The summed E-state index contributed by atoms with van der Waals surface area (Å²) in [4.78, 5) is 7.60. The molecule has 2 unspecified atom stereocenters. The van der Waals surface area contributed by atoms with E-state index in [4.69, 9.17) is 14.2 Å². The van der Waals surface area contributed by atoms with Gasteiger partial charge in [0.25, 0.3) is 5.75 Å². The van der Waals surface area contributed by atoms with E-state index in [2.05, 4.69) is 64.2 Å². The lowest BCUT2D eigenvalue weighted by Gasteiger charge is -2.35. The van der Waals surface area contributed by atoms with Crippen molar-refractivity contribution in [2.75, 3.05) is 73.2 Å². The molecule has 3 aliphatic rings. The summed E-state index contributed by atoms with van der Waals surface area (Å²) in [6.45, 7) is 10.8. The van der Waals surface area contributed by atoms with Gasteiger partial charge < -0.3 is 24.0 Å². The molecule has 35 heavy (non-hydrogen) atoms. The molecule has 0 amide bonds. The van der Waals surface area contributed by atoms with E-state index < -0.39 is 0 Å². The number of piperazine rings is 1. The van der Waals surface area contributed by atoms with E-state index in [1.54, 1.807) is 7.11 Å². The lowest BCUT2D eigenvalue weighted by molar-refractivity contribution is 0.0382. The highest BCUT2D eigenvalue weighted by Crippen LogP contribution is 2.35. The first kappa shape index (κ1) is 24.6. The standard InChI is InChI=1S/C29H41N3O3/c1-30-20-24-19-26(10-11-28(24)29(22-30)23-6-8-25(33-2)9-7-23)34-18-4-12-31-13-15-32(16-14-31)21-27-5-3-17-35-27/h6-11,19,27,29H,3-5,12-18,20-22H2,1-2H3/p+1. The van der Waals surface area contributed by atoms with Crippen molar-refractivity contribution in [1.29, 1.82) is 0 Å². The van der Waals surface area contributed by atoms with Crippen molar-refractivity contribution in [2.45, 2.75) is 37.8 Å². The minimum atomic E-state index is 0.391. The molecule has 3 heterocycles. The lowest BCUT2D eigenvalue weighted by Crippen LogP contribution is -2.48. The molecule has 5 rings (SSSR count). The molecular weight excluding hydrogens is 438 g/mol. The smallest absolute Gasteiger partial charge is 0.254 e. The molecule has 0 aliphatic carbocycles. The fraction of sp³-hybridized carbons (Fsp3) is 0.586. The van der Waals surface area contributed by atoms with Crippen molar-refractivity contribution in [2.24, 2.45) is 0 Å². The predicted octanol–water partition coefficient (Wildman–Crippen LogP) is 3.70. The summed E-state index contributed by atoms with van der Waals surface area (Å²) < 4.78 is 16.1. The van der Waals surface area contributed by atoms with Gasteiger partial charge in [0.15, 0.2) is 6.61 Å². The van der Waals surface area contributed by atoms with Gasteiger partial charge in [-0.25, -0.2) is 0 Å². The zero-order valence-corrected chi connectivity index (χ0v) is 21.5. The number of aromatic hydroxyl groups is 1. The van der Waals surface area contributed by atoms with Crippen LogP contribution >= 0.6 is 0 Å². The Bertz CT molecular complexity index is 937. The Morgan fingerprint density at radius 1 is 1.03 bits per heavy atom. The number of methoxy groups -OCH3 is 1. The van der Waals surface area contributed by atoms with Crippen LogP contribution in [0.25, 0.3) is 0 Å². The molecule has 2 atom stereocenters. The number of ether oxygens (including phenoxy) is 3. The molecule has 0 radical (unpaired) electrons. The van der Waals surface area contributed by atoms with Crippen molar-refractivity contribution in [1.82, 2.24) is 14.7 Å². The zero-order valence-electron chi connectivity index (χ0n) is 21.5. The summed E-state index contributed by atoms with van der Waals surface area (Å²) >= 11 is 0. The number of fused-ring (bicyclic) bond motifs is 1. The van der Waals surface area contributed by atoms with Gasteiger partial charge in [-0.3, -0.25) is 4.90 Å². The summed E-state index contributed by atoms with van der Waals surface area (Å²) in [6.07, 6.45) is 4.07. The minimum absolute atomic E-state index is 0.391. The first-order valence-electron chi connectivity index (χ1n) is 13.4. The molecule has 6 nitrogen and oxygen atoms in total. The number of rotatable bonds is 9. The molecular formula is C29H42N3O3+. The number of nitrogens with zero attached hydrogens (tertiary/aromatic N) is 3. The predicted molar refractivity (Wildman–Crippen MR) is 141 cm³/mol. The Kier molecular flexibility index (Phi) is 8.24. The van der Waals surface area contributed by atoms with E-state index >= 15 is 0 Å². The second-order valence-electron chi connectivity index (χ2n) is 10.4. The Hall–Kier alpha value is -2.12.